The number of nitrogens with zero attached hydrogens (tertiary/aromatic N) is 2. The monoisotopic (exact) mass is 136 g/mol. The number of allylic oxidation sites excluding steroid dienone is 1. The van der Waals surface area contributed by atoms with Gasteiger partial charge in [-0.05, 0) is 26.0 Å². The molecule has 0 atom stereocenters. The summed E-state index contributed by atoms with van der Waals surface area (Å²) in [5.41, 5.74) is 0.968. The van der Waals surface area contributed by atoms with E-state index in [1.54, 1.807) is 6.20 Å². The quantitative estimate of drug-likeness (QED) is 0.590. The Labute approximate surface area is 62.1 Å². The number of rotatable bonds is 1. The molecule has 0 amide bonds. The van der Waals surface area contributed by atoms with Crippen molar-refractivity contribution >= 4 is 6.08 Å². The fourth-order valence-electron chi connectivity index (χ4n) is 0.738. The Hall–Kier alpha value is -1.18. The molecule has 0 saturated heterocycles. The number of aromatic nitrogens is 2. The molecule has 0 radical (unpaired) electrons. The lowest BCUT2D eigenvalue weighted by Crippen LogP contribution is -1.87. The van der Waals surface area contributed by atoms with Gasteiger partial charge in [0, 0.05) is 7.62 Å². The van der Waals surface area contributed by atoms with Gasteiger partial charge in [0.05, 0.1) is 5.69 Å². The Morgan fingerprint density at radius 1 is 1.60 bits per heavy atom. The smallest absolute Gasteiger partial charge is 0.125 e. The maximum absolute atomic E-state index is 4.16. The molecule has 0 saturated carbocycles. The van der Waals surface area contributed by atoms with Crippen LogP contribution in [0.3, 0.4) is 0 Å². The maximum atomic E-state index is 4.16. The average Bonchev–Trinajstić information content (AvgIpc) is 1.88. The van der Waals surface area contributed by atoms with E-state index in [4.69, 9.17) is 0 Å². The minimum absolute atomic E-state index is 0. The molecule has 0 aromatic carbocycles. The van der Waals surface area contributed by atoms with Crippen molar-refractivity contribution in [3.63, 3.8) is 0 Å². The highest BCUT2D eigenvalue weighted by molar-refractivity contribution is 5.42. The molecule has 0 fully saturated rings. The van der Waals surface area contributed by atoms with Gasteiger partial charge in [0.15, 0.2) is 0 Å². The van der Waals surface area contributed by atoms with Gasteiger partial charge < -0.3 is 0 Å². The minimum atomic E-state index is 0. The number of aryl methyl sites for hydroxylation is 1. The Morgan fingerprint density at radius 2 is 2.40 bits per heavy atom. The Kier molecular flexibility index (Phi) is 2.15. The standard InChI is InChI=1S/C8H10N2.H2/c1-3-4-8-5-6-9-7(2)10-8;/h3-6H,1-2H3;1H/b4-3+;. The van der Waals surface area contributed by atoms with Crippen LogP contribution in [0.2, 0.25) is 0 Å². The Balaban J connectivity index is 0.000001000. The lowest BCUT2D eigenvalue weighted by Gasteiger charge is -1.91. The van der Waals surface area contributed by atoms with Gasteiger partial charge >= 0.3 is 0 Å². The molecule has 1 rings (SSSR count). The largest absolute Gasteiger partial charge is 0.242 e. The van der Waals surface area contributed by atoms with Gasteiger partial charge in [0.2, 0.25) is 0 Å². The van der Waals surface area contributed by atoms with Crippen LogP contribution in [0, 0.1) is 6.92 Å². The maximum Gasteiger partial charge on any atom is 0.125 e. The third kappa shape index (κ3) is 1.65. The summed E-state index contributed by atoms with van der Waals surface area (Å²) < 4.78 is 0. The van der Waals surface area contributed by atoms with E-state index in [1.165, 1.54) is 0 Å². The first kappa shape index (κ1) is 6.93. The number of hydrogen-bond donors (Lipinski definition) is 0. The molecule has 0 N–H and O–H groups in total. The van der Waals surface area contributed by atoms with Crippen molar-refractivity contribution in [1.82, 2.24) is 9.97 Å². The summed E-state index contributed by atoms with van der Waals surface area (Å²) in [5.74, 6) is 0.815. The minimum Gasteiger partial charge on any atom is -0.242 e. The molecule has 10 heavy (non-hydrogen) atoms. The molecule has 0 aliphatic carbocycles. The molecule has 54 valence electrons. The predicted octanol–water partition coefficient (Wildman–Crippen LogP) is 2.06. The van der Waals surface area contributed by atoms with Crippen molar-refractivity contribution in [2.75, 3.05) is 0 Å². The van der Waals surface area contributed by atoms with Crippen molar-refractivity contribution < 1.29 is 1.43 Å². The van der Waals surface area contributed by atoms with Gasteiger partial charge in [-0.2, -0.15) is 0 Å². The summed E-state index contributed by atoms with van der Waals surface area (Å²) in [7, 11) is 0. The van der Waals surface area contributed by atoms with Crippen LogP contribution >= 0.6 is 0 Å². The fraction of sp³-hybridized carbons (Fsp3) is 0.250. The molecule has 0 bridgehead atoms. The molecule has 1 aromatic rings. The highest BCUT2D eigenvalue weighted by Gasteiger charge is 1.86. The zero-order valence-electron chi connectivity index (χ0n) is 6.20. The number of hydrogen-bond acceptors (Lipinski definition) is 2. The first-order chi connectivity index (χ1) is 4.83. The molecule has 0 unspecified atom stereocenters. The van der Waals surface area contributed by atoms with Crippen LogP contribution in [0.4, 0.5) is 0 Å². The zero-order valence-corrected chi connectivity index (χ0v) is 6.20. The van der Waals surface area contributed by atoms with Gasteiger partial charge in [0.1, 0.15) is 5.82 Å². The summed E-state index contributed by atoms with van der Waals surface area (Å²) >= 11 is 0. The lowest BCUT2D eigenvalue weighted by atomic mass is 10.3. The predicted molar refractivity (Wildman–Crippen MR) is 43.6 cm³/mol. The fourth-order valence-corrected chi connectivity index (χ4v) is 0.738. The van der Waals surface area contributed by atoms with Gasteiger partial charge in [-0.1, -0.05) is 6.08 Å². The zero-order chi connectivity index (χ0) is 7.40. The average molecular weight is 136 g/mol. The molecular formula is C8H12N2. The van der Waals surface area contributed by atoms with Gasteiger partial charge in [-0.15, -0.1) is 0 Å². The lowest BCUT2D eigenvalue weighted by molar-refractivity contribution is 1.04. The topological polar surface area (TPSA) is 25.8 Å². The molecule has 2 nitrogen and oxygen atoms in total. The molecule has 2 heteroatoms. The van der Waals surface area contributed by atoms with E-state index >= 15 is 0 Å². The van der Waals surface area contributed by atoms with Crippen molar-refractivity contribution in [2.24, 2.45) is 0 Å². The summed E-state index contributed by atoms with van der Waals surface area (Å²) in [4.78, 5) is 8.14. The molecule has 1 heterocycles. The van der Waals surface area contributed by atoms with Crippen molar-refractivity contribution in [2.45, 2.75) is 13.8 Å². The van der Waals surface area contributed by atoms with Crippen LogP contribution in [0.15, 0.2) is 18.3 Å². The summed E-state index contributed by atoms with van der Waals surface area (Å²) in [6.45, 7) is 3.85. The molecule has 0 aliphatic rings. The van der Waals surface area contributed by atoms with E-state index in [0.717, 1.165) is 11.5 Å². The molecule has 1 aromatic heterocycles. The Morgan fingerprint density at radius 3 is 3.00 bits per heavy atom. The normalized spacial score (nSPS) is 10.6. The van der Waals surface area contributed by atoms with E-state index in [-0.39, 0.29) is 1.43 Å². The highest BCUT2D eigenvalue weighted by Crippen LogP contribution is 1.96. The van der Waals surface area contributed by atoms with Crippen LogP contribution in [0.5, 0.6) is 0 Å². The van der Waals surface area contributed by atoms with E-state index < -0.39 is 0 Å². The second-order valence-corrected chi connectivity index (χ2v) is 2.03. The van der Waals surface area contributed by atoms with E-state index in [0.29, 0.717) is 0 Å². The van der Waals surface area contributed by atoms with E-state index in [2.05, 4.69) is 9.97 Å². The first-order valence-electron chi connectivity index (χ1n) is 3.25. The van der Waals surface area contributed by atoms with Crippen molar-refractivity contribution in [3.8, 4) is 0 Å². The van der Waals surface area contributed by atoms with Crippen LogP contribution in [-0.2, 0) is 0 Å². The van der Waals surface area contributed by atoms with Crippen LogP contribution in [0.1, 0.15) is 19.9 Å². The third-order valence-corrected chi connectivity index (χ3v) is 1.13. The molecule has 0 aliphatic heterocycles. The third-order valence-electron chi connectivity index (χ3n) is 1.13. The van der Waals surface area contributed by atoms with Crippen LogP contribution in [-0.4, -0.2) is 9.97 Å². The van der Waals surface area contributed by atoms with Crippen LogP contribution < -0.4 is 0 Å². The summed E-state index contributed by atoms with van der Waals surface area (Å²) in [6.07, 6.45) is 5.67. The van der Waals surface area contributed by atoms with Crippen LogP contribution in [0.25, 0.3) is 6.08 Å². The second-order valence-electron chi connectivity index (χ2n) is 2.03. The summed E-state index contributed by atoms with van der Waals surface area (Å²) in [6, 6.07) is 1.88. The van der Waals surface area contributed by atoms with E-state index in [9.17, 15) is 0 Å². The second kappa shape index (κ2) is 3.11. The van der Waals surface area contributed by atoms with Gasteiger partial charge in [0.25, 0.3) is 0 Å². The highest BCUT2D eigenvalue weighted by atomic mass is 14.9. The van der Waals surface area contributed by atoms with Gasteiger partial charge in [-0.25, -0.2) is 9.97 Å². The molecule has 0 spiro atoms. The summed E-state index contributed by atoms with van der Waals surface area (Å²) in [5, 5.41) is 0. The van der Waals surface area contributed by atoms with Gasteiger partial charge in [-0.3, -0.25) is 0 Å². The molecular weight excluding hydrogens is 124 g/mol. The van der Waals surface area contributed by atoms with E-state index in [1.807, 2.05) is 32.1 Å². The van der Waals surface area contributed by atoms with Crippen molar-refractivity contribution in [3.05, 3.63) is 29.9 Å². The Bertz CT molecular complexity index is 246. The van der Waals surface area contributed by atoms with Crippen molar-refractivity contribution in [1.29, 1.82) is 0 Å². The first-order valence-corrected chi connectivity index (χ1v) is 3.25. The SMILES string of the molecule is C/C=C/c1ccnc(C)n1.[HH].